The lowest BCUT2D eigenvalue weighted by molar-refractivity contribution is -0.133. The fourth-order valence-corrected chi connectivity index (χ4v) is 2.43. The molecule has 0 heterocycles. The molecule has 0 radical (unpaired) electrons. The Morgan fingerprint density at radius 3 is 2.19 bits per heavy atom. The van der Waals surface area contributed by atoms with Gasteiger partial charge in [0, 0.05) is 19.8 Å². The highest BCUT2D eigenvalue weighted by Gasteiger charge is 2.14. The Morgan fingerprint density at radius 1 is 0.952 bits per heavy atom. The van der Waals surface area contributed by atoms with Crippen LogP contribution in [0.4, 0.5) is 11.4 Å². The van der Waals surface area contributed by atoms with Crippen LogP contribution in [-0.2, 0) is 9.59 Å². The van der Waals surface area contributed by atoms with Gasteiger partial charge in [0.15, 0.2) is 0 Å². The van der Waals surface area contributed by atoms with E-state index in [2.05, 4.69) is 33.2 Å². The lowest BCUT2D eigenvalue weighted by Gasteiger charge is -2.07. The molecular weight excluding hydrogens is 399 g/mol. The maximum absolute atomic E-state index is 11.9. The molecule has 2 N–H and O–H groups in total. The summed E-state index contributed by atoms with van der Waals surface area (Å²) in [6.07, 6.45) is 1.95. The Kier molecular flexibility index (Phi) is 5.63. The van der Waals surface area contributed by atoms with E-state index < -0.39 is 11.8 Å². The van der Waals surface area contributed by atoms with Gasteiger partial charge in [-0.1, -0.05) is 6.07 Å². The van der Waals surface area contributed by atoms with E-state index in [1.165, 1.54) is 0 Å². The lowest BCUT2D eigenvalue weighted by Crippen LogP contribution is -2.29. The molecule has 2 aromatic carbocycles. The summed E-state index contributed by atoms with van der Waals surface area (Å²) < 4.78 is 1.06. The highest BCUT2D eigenvalue weighted by atomic mass is 127. The topological polar surface area (TPSA) is 58.2 Å². The largest absolute Gasteiger partial charge is 0.318 e. The average molecular weight is 412 g/mol. The van der Waals surface area contributed by atoms with Gasteiger partial charge in [0.1, 0.15) is 0 Å². The van der Waals surface area contributed by atoms with Crippen molar-refractivity contribution in [3.05, 3.63) is 52.1 Å². The summed E-state index contributed by atoms with van der Waals surface area (Å²) >= 11 is 3.74. The molecular formula is C15H13IN2O2S. The number of rotatable bonds is 3. The standard InChI is InChI=1S/C15H13IN2O2S/c1-21-13-4-2-3-12(9-13)18-15(20)14(19)17-11-7-5-10(16)6-8-11/h2-9H,1H3,(H,17,19)(H,18,20). The quantitative estimate of drug-likeness (QED) is 0.460. The van der Waals surface area contributed by atoms with Gasteiger partial charge in [0.05, 0.1) is 0 Å². The molecule has 2 amide bonds. The van der Waals surface area contributed by atoms with Crippen molar-refractivity contribution in [1.82, 2.24) is 0 Å². The Labute approximate surface area is 140 Å². The van der Waals surface area contributed by atoms with Crippen molar-refractivity contribution in [2.45, 2.75) is 4.90 Å². The third kappa shape index (κ3) is 4.75. The van der Waals surface area contributed by atoms with Gasteiger partial charge in [-0.15, -0.1) is 11.8 Å². The zero-order valence-electron chi connectivity index (χ0n) is 11.2. The minimum atomic E-state index is -0.689. The minimum absolute atomic E-state index is 0.591. The van der Waals surface area contributed by atoms with Crippen molar-refractivity contribution >= 4 is 57.5 Å². The number of hydrogen-bond donors (Lipinski definition) is 2. The van der Waals surface area contributed by atoms with Gasteiger partial charge >= 0.3 is 11.8 Å². The first-order valence-corrected chi connectivity index (χ1v) is 8.41. The van der Waals surface area contributed by atoms with Crippen LogP contribution in [-0.4, -0.2) is 18.1 Å². The van der Waals surface area contributed by atoms with Crippen molar-refractivity contribution in [2.24, 2.45) is 0 Å². The van der Waals surface area contributed by atoms with Gasteiger partial charge < -0.3 is 10.6 Å². The minimum Gasteiger partial charge on any atom is -0.318 e. The zero-order chi connectivity index (χ0) is 15.2. The number of nitrogens with one attached hydrogen (secondary N) is 2. The van der Waals surface area contributed by atoms with Crippen molar-refractivity contribution in [3.8, 4) is 0 Å². The van der Waals surface area contributed by atoms with E-state index in [-0.39, 0.29) is 0 Å². The van der Waals surface area contributed by atoms with Crippen LogP contribution in [0, 0.1) is 3.57 Å². The predicted octanol–water partition coefficient (Wildman–Crippen LogP) is 3.59. The van der Waals surface area contributed by atoms with Gasteiger partial charge in [-0.05, 0) is 71.3 Å². The van der Waals surface area contributed by atoms with Crippen LogP contribution in [0.5, 0.6) is 0 Å². The van der Waals surface area contributed by atoms with Crippen molar-refractivity contribution < 1.29 is 9.59 Å². The second-order valence-corrected chi connectivity index (χ2v) is 6.27. The number of halogens is 1. The third-order valence-corrected chi connectivity index (χ3v) is 4.08. The molecule has 0 unspecified atom stereocenters. The van der Waals surface area contributed by atoms with Gasteiger partial charge in [0.2, 0.25) is 0 Å². The second kappa shape index (κ2) is 7.46. The van der Waals surface area contributed by atoms with E-state index in [0.29, 0.717) is 11.4 Å². The highest BCUT2D eigenvalue weighted by molar-refractivity contribution is 14.1. The van der Waals surface area contributed by atoms with Gasteiger partial charge in [-0.3, -0.25) is 9.59 Å². The number of thioether (sulfide) groups is 1. The monoisotopic (exact) mass is 412 g/mol. The van der Waals surface area contributed by atoms with E-state index in [9.17, 15) is 9.59 Å². The molecule has 4 nitrogen and oxygen atoms in total. The number of carbonyl (C=O) groups is 2. The number of carbonyl (C=O) groups excluding carboxylic acids is 2. The Bertz CT molecular complexity index is 659. The summed E-state index contributed by atoms with van der Waals surface area (Å²) in [6.45, 7) is 0. The van der Waals surface area contributed by atoms with Gasteiger partial charge in [0.25, 0.3) is 0 Å². The first kappa shape index (κ1) is 15.8. The Morgan fingerprint density at radius 2 is 1.57 bits per heavy atom. The highest BCUT2D eigenvalue weighted by Crippen LogP contribution is 2.19. The van der Waals surface area contributed by atoms with E-state index in [1.807, 2.05) is 36.6 Å². The summed E-state index contributed by atoms with van der Waals surface area (Å²) in [5, 5.41) is 5.14. The van der Waals surface area contributed by atoms with Crippen molar-refractivity contribution in [3.63, 3.8) is 0 Å². The van der Waals surface area contributed by atoms with Crippen LogP contribution < -0.4 is 10.6 Å². The Balaban J connectivity index is 1.99. The molecule has 0 spiro atoms. The zero-order valence-corrected chi connectivity index (χ0v) is 14.2. The molecule has 0 aliphatic rings. The molecule has 2 rings (SSSR count). The summed E-state index contributed by atoms with van der Waals surface area (Å²) in [7, 11) is 0. The number of amides is 2. The van der Waals surface area contributed by atoms with Crippen LogP contribution in [0.2, 0.25) is 0 Å². The molecule has 0 saturated carbocycles. The normalized spacial score (nSPS) is 10.0. The van der Waals surface area contributed by atoms with Gasteiger partial charge in [-0.25, -0.2) is 0 Å². The molecule has 0 bridgehead atoms. The lowest BCUT2D eigenvalue weighted by atomic mass is 10.3. The third-order valence-electron chi connectivity index (χ3n) is 2.64. The van der Waals surface area contributed by atoms with Crippen LogP contribution in [0.1, 0.15) is 0 Å². The maximum atomic E-state index is 11.9. The molecule has 0 aliphatic heterocycles. The smallest absolute Gasteiger partial charge is 0.314 e. The molecule has 0 fully saturated rings. The van der Waals surface area contributed by atoms with E-state index in [0.717, 1.165) is 8.47 Å². The van der Waals surface area contributed by atoms with E-state index >= 15 is 0 Å². The molecule has 0 aliphatic carbocycles. The van der Waals surface area contributed by atoms with Crippen LogP contribution in [0.3, 0.4) is 0 Å². The average Bonchev–Trinajstić information content (AvgIpc) is 2.49. The Hall–Kier alpha value is -1.54. The molecule has 0 saturated heterocycles. The van der Waals surface area contributed by atoms with E-state index in [1.54, 1.807) is 30.0 Å². The fourth-order valence-electron chi connectivity index (χ4n) is 1.61. The molecule has 108 valence electrons. The first-order chi connectivity index (χ1) is 10.1. The molecule has 2 aromatic rings. The van der Waals surface area contributed by atoms with Gasteiger partial charge in [-0.2, -0.15) is 0 Å². The van der Waals surface area contributed by atoms with Crippen LogP contribution in [0.15, 0.2) is 53.4 Å². The molecule has 6 heteroatoms. The maximum Gasteiger partial charge on any atom is 0.314 e. The second-order valence-electron chi connectivity index (χ2n) is 4.15. The van der Waals surface area contributed by atoms with Crippen molar-refractivity contribution in [1.29, 1.82) is 0 Å². The molecule has 0 atom stereocenters. The number of anilines is 2. The van der Waals surface area contributed by atoms with Crippen LogP contribution >= 0.6 is 34.4 Å². The summed E-state index contributed by atoms with van der Waals surface area (Å²) in [5.74, 6) is -1.38. The van der Waals surface area contributed by atoms with E-state index in [4.69, 9.17) is 0 Å². The number of hydrogen-bond acceptors (Lipinski definition) is 3. The van der Waals surface area contributed by atoms with Crippen molar-refractivity contribution in [2.75, 3.05) is 16.9 Å². The molecule has 21 heavy (non-hydrogen) atoms. The predicted molar refractivity (Wildman–Crippen MR) is 94.6 cm³/mol. The summed E-state index contributed by atoms with van der Waals surface area (Å²) in [5.41, 5.74) is 1.19. The summed E-state index contributed by atoms with van der Waals surface area (Å²) in [6, 6.07) is 14.6. The SMILES string of the molecule is CSc1cccc(NC(=O)C(=O)Nc2ccc(I)cc2)c1. The number of benzene rings is 2. The van der Waals surface area contributed by atoms with Crippen LogP contribution in [0.25, 0.3) is 0 Å². The summed E-state index contributed by atoms with van der Waals surface area (Å²) in [4.78, 5) is 24.7. The molecule has 0 aromatic heterocycles. The first-order valence-electron chi connectivity index (χ1n) is 6.10. The fraction of sp³-hybridized carbons (Fsp3) is 0.0667.